The first-order valence-electron chi connectivity index (χ1n) is 7.80. The maximum Gasteiger partial charge on any atom is 0.408 e. The lowest BCUT2D eigenvalue weighted by Crippen LogP contribution is -2.42. The molecule has 0 radical (unpaired) electrons. The van der Waals surface area contributed by atoms with Crippen LogP contribution in [0.5, 0.6) is 0 Å². The van der Waals surface area contributed by atoms with E-state index in [-0.39, 0.29) is 17.7 Å². The first-order valence-corrected chi connectivity index (χ1v) is 7.80. The fourth-order valence-corrected chi connectivity index (χ4v) is 2.93. The summed E-state index contributed by atoms with van der Waals surface area (Å²) >= 11 is 0. The first-order chi connectivity index (χ1) is 9.77. The van der Waals surface area contributed by atoms with Crippen molar-refractivity contribution < 1.29 is 9.53 Å². The molecule has 0 saturated heterocycles. The predicted octanol–water partition coefficient (Wildman–Crippen LogP) is 3.76. The van der Waals surface area contributed by atoms with Crippen molar-refractivity contribution in [1.82, 2.24) is 14.9 Å². The van der Waals surface area contributed by atoms with Gasteiger partial charge in [0.15, 0.2) is 0 Å². The lowest BCUT2D eigenvalue weighted by molar-refractivity contribution is 0.0501. The van der Waals surface area contributed by atoms with Crippen LogP contribution in [0, 0.1) is 0 Å². The number of nitrogens with zero attached hydrogens (tertiary/aromatic N) is 2. The SMILES string of the molecule is CCC1(n2cncc2[C@H](C)NC(=O)OC(C)(C)C)CCC1. The highest BCUT2D eigenvalue weighted by Gasteiger charge is 2.38. The summed E-state index contributed by atoms with van der Waals surface area (Å²) in [6.07, 6.45) is 8.08. The van der Waals surface area contributed by atoms with Crippen molar-refractivity contribution in [2.45, 2.75) is 77.5 Å². The number of ether oxygens (including phenoxy) is 1. The molecule has 0 spiro atoms. The maximum atomic E-state index is 11.9. The molecule has 0 bridgehead atoms. The van der Waals surface area contributed by atoms with Crippen molar-refractivity contribution in [3.05, 3.63) is 18.2 Å². The van der Waals surface area contributed by atoms with Gasteiger partial charge in [-0.15, -0.1) is 0 Å². The van der Waals surface area contributed by atoms with Crippen LogP contribution >= 0.6 is 0 Å². The summed E-state index contributed by atoms with van der Waals surface area (Å²) in [6.45, 7) is 9.78. The van der Waals surface area contributed by atoms with E-state index >= 15 is 0 Å². The smallest absolute Gasteiger partial charge is 0.408 e. The zero-order valence-electron chi connectivity index (χ0n) is 13.8. The van der Waals surface area contributed by atoms with Crippen molar-refractivity contribution in [3.63, 3.8) is 0 Å². The van der Waals surface area contributed by atoms with E-state index in [2.05, 4.69) is 21.8 Å². The minimum Gasteiger partial charge on any atom is -0.444 e. The molecule has 1 aliphatic rings. The van der Waals surface area contributed by atoms with Gasteiger partial charge in [-0.1, -0.05) is 6.92 Å². The van der Waals surface area contributed by atoms with E-state index in [0.717, 1.165) is 12.1 Å². The average molecular weight is 293 g/mol. The Bertz CT molecular complexity index is 492. The molecule has 5 nitrogen and oxygen atoms in total. The molecule has 21 heavy (non-hydrogen) atoms. The van der Waals surface area contributed by atoms with Gasteiger partial charge in [0.25, 0.3) is 0 Å². The predicted molar refractivity (Wildman–Crippen MR) is 82.1 cm³/mol. The highest BCUT2D eigenvalue weighted by molar-refractivity contribution is 5.68. The van der Waals surface area contributed by atoms with Crippen LogP contribution < -0.4 is 5.32 Å². The van der Waals surface area contributed by atoms with Crippen molar-refractivity contribution >= 4 is 6.09 Å². The Hall–Kier alpha value is -1.52. The third-order valence-electron chi connectivity index (χ3n) is 4.30. The number of nitrogens with one attached hydrogen (secondary N) is 1. The van der Waals surface area contributed by atoms with Crippen molar-refractivity contribution in [2.24, 2.45) is 0 Å². The number of hydrogen-bond donors (Lipinski definition) is 1. The summed E-state index contributed by atoms with van der Waals surface area (Å²) < 4.78 is 7.57. The molecule has 1 atom stereocenters. The topological polar surface area (TPSA) is 56.2 Å². The molecule has 1 N–H and O–H groups in total. The van der Waals surface area contributed by atoms with Crippen molar-refractivity contribution in [1.29, 1.82) is 0 Å². The monoisotopic (exact) mass is 293 g/mol. The van der Waals surface area contributed by atoms with Crippen LogP contribution in [0.3, 0.4) is 0 Å². The van der Waals surface area contributed by atoms with Crippen LogP contribution in [0.15, 0.2) is 12.5 Å². The van der Waals surface area contributed by atoms with E-state index in [0.29, 0.717) is 0 Å². The highest BCUT2D eigenvalue weighted by atomic mass is 16.6. The van der Waals surface area contributed by atoms with Gasteiger partial charge in [0, 0.05) is 5.54 Å². The van der Waals surface area contributed by atoms with Crippen molar-refractivity contribution in [3.8, 4) is 0 Å². The number of imidazole rings is 1. The van der Waals surface area contributed by atoms with E-state index in [1.165, 1.54) is 19.3 Å². The van der Waals surface area contributed by atoms with Gasteiger partial charge in [0.05, 0.1) is 24.3 Å². The number of amides is 1. The summed E-state index contributed by atoms with van der Waals surface area (Å²) in [7, 11) is 0. The standard InChI is InChI=1S/C16H27N3O2/c1-6-16(8-7-9-16)19-11-17-10-13(19)12(2)18-14(20)21-15(3,4)5/h10-12H,6-9H2,1-5H3,(H,18,20)/t12-/m0/s1. The van der Waals surface area contributed by atoms with Gasteiger partial charge in [-0.25, -0.2) is 9.78 Å². The molecule has 0 aliphatic heterocycles. The van der Waals surface area contributed by atoms with E-state index in [1.54, 1.807) is 0 Å². The van der Waals surface area contributed by atoms with Crippen molar-refractivity contribution in [2.75, 3.05) is 0 Å². The Balaban J connectivity index is 2.09. The highest BCUT2D eigenvalue weighted by Crippen LogP contribution is 2.43. The Morgan fingerprint density at radius 3 is 2.67 bits per heavy atom. The number of alkyl carbamates (subject to hydrolysis) is 1. The molecule has 1 saturated carbocycles. The van der Waals surface area contributed by atoms with Gasteiger partial charge in [-0.3, -0.25) is 0 Å². The Morgan fingerprint density at radius 1 is 1.52 bits per heavy atom. The summed E-state index contributed by atoms with van der Waals surface area (Å²) in [5.74, 6) is 0. The molecule has 5 heteroatoms. The molecule has 0 unspecified atom stereocenters. The number of hydrogen-bond acceptors (Lipinski definition) is 3. The molecule has 1 aromatic heterocycles. The largest absolute Gasteiger partial charge is 0.444 e. The zero-order chi connectivity index (χ0) is 15.7. The van der Waals surface area contributed by atoms with Gasteiger partial charge in [-0.2, -0.15) is 0 Å². The molecule has 1 aliphatic carbocycles. The minimum absolute atomic E-state index is 0.119. The van der Waals surface area contributed by atoms with Crippen LogP contribution in [0.2, 0.25) is 0 Å². The van der Waals surface area contributed by atoms with E-state index in [9.17, 15) is 4.79 Å². The summed E-state index contributed by atoms with van der Waals surface area (Å²) in [5, 5.41) is 2.90. The van der Waals surface area contributed by atoms with E-state index < -0.39 is 5.60 Å². The average Bonchev–Trinajstić information content (AvgIpc) is 2.75. The van der Waals surface area contributed by atoms with E-state index in [1.807, 2.05) is 40.2 Å². The second-order valence-corrected chi connectivity index (χ2v) is 6.99. The Morgan fingerprint density at radius 2 is 2.19 bits per heavy atom. The minimum atomic E-state index is -0.483. The second kappa shape index (κ2) is 5.70. The molecule has 1 aromatic rings. The normalized spacial score (nSPS) is 18.7. The summed E-state index contributed by atoms with van der Waals surface area (Å²) in [6, 6.07) is -0.119. The van der Waals surface area contributed by atoms with Gasteiger partial charge in [-0.05, 0) is 53.4 Å². The lowest BCUT2D eigenvalue weighted by Gasteiger charge is -2.44. The first kappa shape index (κ1) is 15.9. The molecule has 0 aromatic carbocycles. The number of rotatable bonds is 4. The molecular formula is C16H27N3O2. The van der Waals surface area contributed by atoms with Gasteiger partial charge in [0.1, 0.15) is 5.60 Å². The van der Waals surface area contributed by atoms with Gasteiger partial charge in [0.2, 0.25) is 0 Å². The van der Waals surface area contributed by atoms with Crippen LogP contribution in [0.1, 0.15) is 72.0 Å². The Labute approximate surface area is 127 Å². The fourth-order valence-electron chi connectivity index (χ4n) is 2.93. The summed E-state index contributed by atoms with van der Waals surface area (Å²) in [4.78, 5) is 16.2. The van der Waals surface area contributed by atoms with Crippen LogP contribution in [0.4, 0.5) is 4.79 Å². The molecule has 118 valence electrons. The number of carbonyl (C=O) groups is 1. The zero-order valence-corrected chi connectivity index (χ0v) is 13.8. The lowest BCUT2D eigenvalue weighted by atomic mass is 9.74. The van der Waals surface area contributed by atoms with Gasteiger partial charge >= 0.3 is 6.09 Å². The maximum absolute atomic E-state index is 11.9. The summed E-state index contributed by atoms with van der Waals surface area (Å²) in [5.41, 5.74) is 0.751. The van der Waals surface area contributed by atoms with Gasteiger partial charge < -0.3 is 14.6 Å². The molecule has 1 fully saturated rings. The third-order valence-corrected chi connectivity index (χ3v) is 4.30. The quantitative estimate of drug-likeness (QED) is 0.919. The fraction of sp³-hybridized carbons (Fsp3) is 0.750. The third kappa shape index (κ3) is 3.39. The molecule has 2 rings (SSSR count). The molecule has 1 amide bonds. The number of aromatic nitrogens is 2. The van der Waals surface area contributed by atoms with Crippen LogP contribution in [-0.4, -0.2) is 21.2 Å². The molecular weight excluding hydrogens is 266 g/mol. The molecule has 1 heterocycles. The van der Waals surface area contributed by atoms with Crippen LogP contribution in [0.25, 0.3) is 0 Å². The van der Waals surface area contributed by atoms with E-state index in [4.69, 9.17) is 4.74 Å². The van der Waals surface area contributed by atoms with Crippen LogP contribution in [-0.2, 0) is 10.3 Å². The Kier molecular flexibility index (Phi) is 4.30. The second-order valence-electron chi connectivity index (χ2n) is 6.99. The number of carbonyl (C=O) groups excluding carboxylic acids is 1.